The van der Waals surface area contributed by atoms with Crippen LogP contribution in [0.1, 0.15) is 41.5 Å². The molecule has 1 unspecified atom stereocenters. The Balaban J connectivity index is 4.86. The quantitative estimate of drug-likeness (QED) is 0.436. The Hall–Kier alpha value is 1.00. The first kappa shape index (κ1) is 16.0. The van der Waals surface area contributed by atoms with Crippen molar-refractivity contribution in [3.05, 3.63) is 0 Å². The van der Waals surface area contributed by atoms with Crippen molar-refractivity contribution < 1.29 is 3.07 Å². The molecule has 0 aliphatic rings. The molecule has 0 saturated heterocycles. The van der Waals surface area contributed by atoms with Crippen molar-refractivity contribution in [2.24, 2.45) is 11.8 Å². The molecule has 2 nitrogen and oxygen atoms in total. The number of thiol groups is 1. The van der Waals surface area contributed by atoms with Crippen molar-refractivity contribution in [2.75, 3.05) is 0 Å². The SMILES string of the molecule is CC(C)NC(OI)C(S)(C(C)C)C(C)C. The zero-order valence-electron chi connectivity index (χ0n) is 10.5. The van der Waals surface area contributed by atoms with Gasteiger partial charge in [0, 0.05) is 6.04 Å². The molecule has 0 heterocycles. The van der Waals surface area contributed by atoms with Gasteiger partial charge in [0.15, 0.2) is 0 Å². The highest BCUT2D eigenvalue weighted by molar-refractivity contribution is 14.1. The highest BCUT2D eigenvalue weighted by Crippen LogP contribution is 2.37. The molecule has 0 aromatic rings. The van der Waals surface area contributed by atoms with E-state index in [-0.39, 0.29) is 11.0 Å². The molecule has 0 spiro atoms. The van der Waals surface area contributed by atoms with Crippen molar-refractivity contribution in [1.82, 2.24) is 5.32 Å². The van der Waals surface area contributed by atoms with Crippen molar-refractivity contribution in [1.29, 1.82) is 0 Å². The third-order valence-electron chi connectivity index (χ3n) is 2.84. The Labute approximate surface area is 114 Å². The summed E-state index contributed by atoms with van der Waals surface area (Å²) in [5.41, 5.74) is 0. The van der Waals surface area contributed by atoms with Gasteiger partial charge in [0.1, 0.15) is 29.2 Å². The van der Waals surface area contributed by atoms with E-state index in [0.29, 0.717) is 17.9 Å². The van der Waals surface area contributed by atoms with E-state index < -0.39 is 0 Å². The van der Waals surface area contributed by atoms with Crippen LogP contribution in [-0.4, -0.2) is 17.0 Å². The molecular formula is C11H24INOS. The first-order chi connectivity index (χ1) is 6.76. The summed E-state index contributed by atoms with van der Waals surface area (Å²) in [5, 5.41) is 3.43. The van der Waals surface area contributed by atoms with Crippen molar-refractivity contribution in [3.8, 4) is 0 Å². The minimum absolute atomic E-state index is 0.0265. The van der Waals surface area contributed by atoms with E-state index in [9.17, 15) is 0 Å². The highest BCUT2D eigenvalue weighted by atomic mass is 127. The van der Waals surface area contributed by atoms with Gasteiger partial charge in [0.05, 0.1) is 4.75 Å². The van der Waals surface area contributed by atoms with Gasteiger partial charge in [-0.05, 0) is 25.7 Å². The Morgan fingerprint density at radius 1 is 1.07 bits per heavy atom. The molecule has 0 bridgehead atoms. The predicted octanol–water partition coefficient (Wildman–Crippen LogP) is 3.66. The molecule has 0 aromatic carbocycles. The van der Waals surface area contributed by atoms with Gasteiger partial charge in [-0.2, -0.15) is 12.6 Å². The maximum absolute atomic E-state index is 5.53. The summed E-state index contributed by atoms with van der Waals surface area (Å²) >= 11 is 6.83. The van der Waals surface area contributed by atoms with Crippen LogP contribution >= 0.6 is 35.6 Å². The van der Waals surface area contributed by atoms with Crippen LogP contribution in [0.5, 0.6) is 0 Å². The summed E-state index contributed by atoms with van der Waals surface area (Å²) in [6.45, 7) is 13.0. The minimum Gasteiger partial charge on any atom is -0.295 e. The number of hydrogen-bond acceptors (Lipinski definition) is 3. The highest BCUT2D eigenvalue weighted by Gasteiger charge is 2.42. The molecule has 0 aliphatic carbocycles. The van der Waals surface area contributed by atoms with Gasteiger partial charge >= 0.3 is 0 Å². The topological polar surface area (TPSA) is 21.3 Å². The third kappa shape index (κ3) is 4.06. The van der Waals surface area contributed by atoms with Crippen LogP contribution in [0.4, 0.5) is 0 Å². The minimum atomic E-state index is -0.147. The van der Waals surface area contributed by atoms with Gasteiger partial charge in [0.2, 0.25) is 0 Å². The fourth-order valence-corrected chi connectivity index (χ4v) is 2.70. The van der Waals surface area contributed by atoms with Crippen LogP contribution in [0.25, 0.3) is 0 Å². The Morgan fingerprint density at radius 2 is 1.47 bits per heavy atom. The molecule has 0 amide bonds. The number of hydrogen-bond donors (Lipinski definition) is 2. The van der Waals surface area contributed by atoms with Crippen LogP contribution in [-0.2, 0) is 3.07 Å². The summed E-state index contributed by atoms with van der Waals surface area (Å²) in [4.78, 5) is 0. The average molecular weight is 345 g/mol. The maximum atomic E-state index is 5.53. The van der Waals surface area contributed by atoms with Crippen molar-refractivity contribution >= 4 is 35.6 Å². The summed E-state index contributed by atoms with van der Waals surface area (Å²) in [5.74, 6) is 0.902. The molecule has 0 aromatic heterocycles. The van der Waals surface area contributed by atoms with Crippen molar-refractivity contribution in [2.45, 2.75) is 58.6 Å². The molecular weight excluding hydrogens is 321 g/mol. The van der Waals surface area contributed by atoms with E-state index in [1.54, 1.807) is 0 Å². The molecule has 0 aliphatic heterocycles. The molecule has 1 N–H and O–H groups in total. The van der Waals surface area contributed by atoms with Gasteiger partial charge in [-0.25, -0.2) is 0 Å². The number of nitrogens with one attached hydrogen (secondary N) is 1. The number of halogens is 1. The average Bonchev–Trinajstić information content (AvgIpc) is 2.11. The molecule has 4 heteroatoms. The Kier molecular flexibility index (Phi) is 7.11. The summed E-state index contributed by atoms with van der Waals surface area (Å²) in [7, 11) is 0. The second-order valence-electron chi connectivity index (χ2n) is 4.99. The molecule has 0 saturated carbocycles. The lowest BCUT2D eigenvalue weighted by molar-refractivity contribution is 0.105. The summed E-state index contributed by atoms with van der Waals surface area (Å²) < 4.78 is 5.38. The zero-order valence-corrected chi connectivity index (χ0v) is 13.6. The van der Waals surface area contributed by atoms with E-state index in [4.69, 9.17) is 15.7 Å². The fraction of sp³-hybridized carbons (Fsp3) is 1.00. The van der Waals surface area contributed by atoms with Gasteiger partial charge in [-0.1, -0.05) is 27.7 Å². The number of rotatable bonds is 6. The lowest BCUT2D eigenvalue weighted by Crippen LogP contribution is -2.55. The Morgan fingerprint density at radius 3 is 1.67 bits per heavy atom. The van der Waals surface area contributed by atoms with Crippen LogP contribution in [0.3, 0.4) is 0 Å². The first-order valence-corrected chi connectivity index (χ1v) is 6.85. The smallest absolute Gasteiger partial charge is 0.135 e. The zero-order chi connectivity index (χ0) is 12.2. The Bertz CT molecular complexity index is 177. The van der Waals surface area contributed by atoms with Crippen LogP contribution in [0, 0.1) is 11.8 Å². The molecule has 0 fully saturated rings. The second-order valence-corrected chi connectivity index (χ2v) is 6.27. The summed E-state index contributed by atoms with van der Waals surface area (Å²) in [6, 6.07) is 0.397. The van der Waals surface area contributed by atoms with Gasteiger partial charge in [-0.15, -0.1) is 0 Å². The van der Waals surface area contributed by atoms with E-state index in [1.165, 1.54) is 0 Å². The first-order valence-electron chi connectivity index (χ1n) is 5.52. The van der Waals surface area contributed by atoms with E-state index in [2.05, 4.69) is 46.9 Å². The molecule has 0 radical (unpaired) electrons. The van der Waals surface area contributed by atoms with Gasteiger partial charge in [0.25, 0.3) is 0 Å². The largest absolute Gasteiger partial charge is 0.295 e. The van der Waals surface area contributed by atoms with E-state index in [1.807, 2.05) is 23.0 Å². The van der Waals surface area contributed by atoms with Crippen LogP contribution in [0.15, 0.2) is 0 Å². The lowest BCUT2D eigenvalue weighted by atomic mass is 9.82. The van der Waals surface area contributed by atoms with Crippen LogP contribution in [0.2, 0.25) is 0 Å². The molecule has 1 atom stereocenters. The maximum Gasteiger partial charge on any atom is 0.135 e. The van der Waals surface area contributed by atoms with Crippen molar-refractivity contribution in [3.63, 3.8) is 0 Å². The summed E-state index contributed by atoms with van der Waals surface area (Å²) in [6.07, 6.45) is -0.0265. The normalized spacial score (nSPS) is 15.4. The lowest BCUT2D eigenvalue weighted by Gasteiger charge is -2.43. The molecule has 0 rings (SSSR count). The monoisotopic (exact) mass is 345 g/mol. The predicted molar refractivity (Wildman–Crippen MR) is 78.6 cm³/mol. The molecule has 92 valence electrons. The van der Waals surface area contributed by atoms with E-state index >= 15 is 0 Å². The standard InChI is InChI=1S/C11H24INOS/c1-7(2)11(15,8(3)4)10(14-12)13-9(5)6/h7-10,13,15H,1-6H3. The van der Waals surface area contributed by atoms with Gasteiger partial charge in [-0.3, -0.25) is 8.38 Å². The third-order valence-corrected chi connectivity index (χ3v) is 4.62. The fourth-order valence-electron chi connectivity index (χ4n) is 1.81. The van der Waals surface area contributed by atoms with Gasteiger partial charge < -0.3 is 0 Å². The second kappa shape index (κ2) is 6.67. The van der Waals surface area contributed by atoms with Crippen LogP contribution < -0.4 is 5.32 Å². The molecule has 15 heavy (non-hydrogen) atoms. The van der Waals surface area contributed by atoms with E-state index in [0.717, 1.165) is 0 Å².